The summed E-state index contributed by atoms with van der Waals surface area (Å²) in [5.74, 6) is 0. The molecular weight excluding hydrogens is 642 g/mol. The zero-order valence-electron chi connectivity index (χ0n) is 8.01. The molecular formula is H8Cr3La2O13. The van der Waals surface area contributed by atoms with Crippen LogP contribution < -0.4 is 0 Å². The first-order chi connectivity index (χ1) is 6.00. The molecule has 0 fully saturated rings. The van der Waals surface area contributed by atoms with E-state index in [1.165, 1.54) is 0 Å². The van der Waals surface area contributed by atoms with E-state index in [1.54, 1.807) is 0 Å². The second-order valence-electron chi connectivity index (χ2n) is 1.34. The normalized spacial score (nSPS) is 9.67. The van der Waals surface area contributed by atoms with Gasteiger partial charge in [0.2, 0.25) is 0 Å². The molecule has 0 amide bonds. The molecule has 110 valence electrons. The van der Waals surface area contributed by atoms with Gasteiger partial charge < -0.3 is 5.48 Å². The Morgan fingerprint density at radius 3 is 0.444 bits per heavy atom. The predicted octanol–water partition coefficient (Wildman–Crippen LogP) is -4.89. The van der Waals surface area contributed by atoms with Gasteiger partial charge in [0.15, 0.2) is 0 Å². The Morgan fingerprint density at radius 1 is 0.444 bits per heavy atom. The van der Waals surface area contributed by atoms with Crippen molar-refractivity contribution in [3.8, 4) is 0 Å². The molecule has 0 heterocycles. The van der Waals surface area contributed by atoms with Gasteiger partial charge in [0, 0.05) is 71.2 Å². The summed E-state index contributed by atoms with van der Waals surface area (Å²) in [6.07, 6.45) is 0. The maximum atomic E-state index is 8.82. The van der Waals surface area contributed by atoms with Crippen LogP contribution in [-0.2, 0) is 63.7 Å². The molecule has 0 bridgehead atoms. The second kappa shape index (κ2) is 15.9. The number of hydrogen-bond acceptors (Lipinski definition) is 6. The van der Waals surface area contributed by atoms with E-state index >= 15 is 0 Å². The Balaban J connectivity index is -0.0000000277. The third-order valence-corrected chi connectivity index (χ3v) is 0. The fraction of sp³-hybridized carbons (Fsp3) is 0. The molecule has 18 heavy (non-hydrogen) atoms. The van der Waals surface area contributed by atoms with Gasteiger partial charge in [-0.1, -0.05) is 0 Å². The molecule has 18 heteroatoms. The van der Waals surface area contributed by atoms with Crippen LogP contribution in [0.25, 0.3) is 0 Å². The predicted molar refractivity (Wildman–Crippen MR) is 21.0 cm³/mol. The van der Waals surface area contributed by atoms with Crippen molar-refractivity contribution < 1.29 is 165 Å². The van der Waals surface area contributed by atoms with Gasteiger partial charge in [-0.25, -0.2) is 0 Å². The summed E-state index contributed by atoms with van der Waals surface area (Å²) in [6, 6.07) is 0. The number of hydrogen-bond donors (Lipinski definition) is 6. The molecule has 0 atom stereocenters. The molecule has 0 spiro atoms. The minimum absolute atomic E-state index is 0. The summed E-state index contributed by atoms with van der Waals surface area (Å²) in [7, 11) is 0. The molecule has 0 saturated carbocycles. The molecule has 0 aliphatic carbocycles. The average Bonchev–Trinajstić information content (AvgIpc) is 1.41. The van der Waals surface area contributed by atoms with Gasteiger partial charge in [0.05, 0.1) is 0 Å². The van der Waals surface area contributed by atoms with Gasteiger partial charge >= 0.3 is 88.6 Å². The quantitative estimate of drug-likeness (QED) is 0.144. The van der Waals surface area contributed by atoms with Crippen LogP contribution in [0.15, 0.2) is 0 Å². The molecule has 2 radical (unpaired) electrons. The first-order valence-corrected chi connectivity index (χ1v) is 8.64. The van der Waals surface area contributed by atoms with Crippen LogP contribution in [0.5, 0.6) is 0 Å². The standard InChI is InChI=1S/3Cr.2La.7H2O.6O/h;;;;;7*1H2;;;;;;/q3*+2;;;;;;;;;;;;;;;/p-6. The van der Waals surface area contributed by atoms with Crippen LogP contribution in [0, 0.1) is 71.2 Å². The van der Waals surface area contributed by atoms with E-state index in [-0.39, 0.29) is 76.7 Å². The first kappa shape index (κ1) is 37.1. The Kier molecular flexibility index (Phi) is 32.7. The van der Waals surface area contributed by atoms with E-state index in [0.717, 1.165) is 0 Å². The summed E-state index contributed by atoms with van der Waals surface area (Å²) < 4.78 is 95.6. The molecule has 0 saturated heterocycles. The van der Waals surface area contributed by atoms with Gasteiger partial charge in [-0.2, -0.15) is 0 Å². The summed E-state index contributed by atoms with van der Waals surface area (Å²) in [5.41, 5.74) is 0. The van der Waals surface area contributed by atoms with Gasteiger partial charge in [-0.15, -0.1) is 0 Å². The van der Waals surface area contributed by atoms with Crippen molar-refractivity contribution in [2.45, 2.75) is 0 Å². The maximum absolute atomic E-state index is 8.82. The van der Waals surface area contributed by atoms with E-state index in [0.29, 0.717) is 0 Å². The molecule has 0 aromatic heterocycles. The fourth-order valence-corrected chi connectivity index (χ4v) is 0. The van der Waals surface area contributed by atoms with Crippen LogP contribution in [-0.4, -0.2) is 30.4 Å². The van der Waals surface area contributed by atoms with E-state index < -0.39 is 40.8 Å². The SMILES string of the molecule is O.[La].[La].[O]=[Cr](=[O])([OH])[OH].[O]=[Cr](=[O])([OH])[OH].[O]=[Cr](=[O])([OH])[OH]. The molecule has 8 N–H and O–H groups in total. The molecule has 0 aliphatic heterocycles. The second-order valence-corrected chi connectivity index (χ2v) is 5.54. The van der Waals surface area contributed by atoms with Crippen molar-refractivity contribution in [3.63, 3.8) is 0 Å². The van der Waals surface area contributed by atoms with Gasteiger partial charge in [0.1, 0.15) is 0 Å². The monoisotopic (exact) mass is 650 g/mol. The van der Waals surface area contributed by atoms with E-state index in [4.69, 9.17) is 47.8 Å². The molecule has 0 aromatic carbocycles. The van der Waals surface area contributed by atoms with Crippen molar-refractivity contribution >= 4 is 0 Å². The van der Waals surface area contributed by atoms with Crippen molar-refractivity contribution in [2.75, 3.05) is 0 Å². The molecule has 0 aliphatic rings. The van der Waals surface area contributed by atoms with Crippen molar-refractivity contribution in [1.29, 1.82) is 0 Å². The van der Waals surface area contributed by atoms with E-state index in [9.17, 15) is 0 Å². The summed E-state index contributed by atoms with van der Waals surface area (Å²) in [6.45, 7) is 0. The summed E-state index contributed by atoms with van der Waals surface area (Å²) in [5, 5.41) is 0. The topological polar surface area (TPSA) is 255 Å². The van der Waals surface area contributed by atoms with Crippen LogP contribution in [0.3, 0.4) is 0 Å². The summed E-state index contributed by atoms with van der Waals surface area (Å²) >= 11 is -15.8. The Morgan fingerprint density at radius 2 is 0.444 bits per heavy atom. The molecule has 0 aromatic rings. The van der Waals surface area contributed by atoms with E-state index in [2.05, 4.69) is 0 Å². The van der Waals surface area contributed by atoms with Gasteiger partial charge in [0.25, 0.3) is 0 Å². The third-order valence-electron chi connectivity index (χ3n) is 0. The molecule has 13 nitrogen and oxygen atoms in total. The van der Waals surface area contributed by atoms with E-state index in [1.807, 2.05) is 0 Å². The van der Waals surface area contributed by atoms with Crippen LogP contribution in [0.1, 0.15) is 0 Å². The molecule has 0 rings (SSSR count). The average molecular weight is 650 g/mol. The Hall–Kier alpha value is 2.51. The van der Waals surface area contributed by atoms with Crippen LogP contribution in [0.2, 0.25) is 0 Å². The third kappa shape index (κ3) is 903. The fourth-order valence-electron chi connectivity index (χ4n) is 0. The zero-order valence-corrected chi connectivity index (χ0v) is 19.1. The van der Waals surface area contributed by atoms with Gasteiger partial charge in [-0.3, -0.25) is 0 Å². The number of rotatable bonds is 0. The van der Waals surface area contributed by atoms with Crippen LogP contribution >= 0.6 is 0 Å². The zero-order chi connectivity index (χ0) is 13.5. The minimum atomic E-state index is -5.25. The van der Waals surface area contributed by atoms with Crippen molar-refractivity contribution in [3.05, 3.63) is 0 Å². The van der Waals surface area contributed by atoms with Crippen molar-refractivity contribution in [2.24, 2.45) is 0 Å². The van der Waals surface area contributed by atoms with Crippen LogP contribution in [0.4, 0.5) is 0 Å². The Bertz CT molecular complexity index is 341. The summed E-state index contributed by atoms with van der Waals surface area (Å²) in [4.78, 5) is 0. The van der Waals surface area contributed by atoms with Crippen molar-refractivity contribution in [1.82, 2.24) is 0 Å². The first-order valence-electron chi connectivity index (χ1n) is 2.10. The van der Waals surface area contributed by atoms with Gasteiger partial charge in [-0.05, 0) is 0 Å². The Labute approximate surface area is 162 Å². The molecule has 0 unspecified atom stereocenters.